The van der Waals surface area contributed by atoms with Gasteiger partial charge in [-0.2, -0.15) is 0 Å². The van der Waals surface area contributed by atoms with Crippen LogP contribution in [-0.2, 0) is 9.47 Å². The van der Waals surface area contributed by atoms with Crippen LogP contribution in [0.4, 0.5) is 5.69 Å². The maximum absolute atomic E-state index is 5.93. The van der Waals surface area contributed by atoms with Crippen LogP contribution in [0.15, 0.2) is 24.3 Å². The molecule has 1 aromatic rings. The number of ether oxygens (including phenoxy) is 2. The van der Waals surface area contributed by atoms with Crippen molar-refractivity contribution in [2.75, 3.05) is 32.2 Å². The summed E-state index contributed by atoms with van der Waals surface area (Å²) in [6, 6.07) is 8.68. The van der Waals surface area contributed by atoms with Gasteiger partial charge in [0, 0.05) is 45.5 Å². The third-order valence-electron chi connectivity index (χ3n) is 3.38. The summed E-state index contributed by atoms with van der Waals surface area (Å²) in [5.74, 6) is 0. The fourth-order valence-corrected chi connectivity index (χ4v) is 2.32. The molecule has 0 radical (unpaired) electrons. The van der Waals surface area contributed by atoms with Crippen molar-refractivity contribution in [2.24, 2.45) is 5.73 Å². The van der Waals surface area contributed by atoms with Gasteiger partial charge in [0.05, 0.1) is 0 Å². The van der Waals surface area contributed by atoms with E-state index in [-0.39, 0.29) is 12.3 Å². The third kappa shape index (κ3) is 4.49. The summed E-state index contributed by atoms with van der Waals surface area (Å²) in [4.78, 5) is 2.30. The molecule has 4 nitrogen and oxygen atoms in total. The van der Waals surface area contributed by atoms with E-state index >= 15 is 0 Å². The molecule has 0 saturated carbocycles. The second-order valence-electron chi connectivity index (χ2n) is 4.65. The fourth-order valence-electron chi connectivity index (χ4n) is 2.32. The monoisotopic (exact) mass is 266 g/mol. The summed E-state index contributed by atoms with van der Waals surface area (Å²) in [5.41, 5.74) is 8.38. The lowest BCUT2D eigenvalue weighted by atomic mass is 10.1. The molecule has 0 heterocycles. The van der Waals surface area contributed by atoms with Crippen LogP contribution < -0.4 is 10.6 Å². The lowest BCUT2D eigenvalue weighted by Gasteiger charge is -2.34. The van der Waals surface area contributed by atoms with Gasteiger partial charge in [-0.25, -0.2) is 0 Å². The Morgan fingerprint density at radius 3 is 2.42 bits per heavy atom. The molecule has 0 saturated heterocycles. The molecule has 0 spiro atoms. The molecule has 0 fully saturated rings. The molecule has 0 amide bonds. The summed E-state index contributed by atoms with van der Waals surface area (Å²) < 4.78 is 10.6. The smallest absolute Gasteiger partial charge is 0.158 e. The normalized spacial score (nSPS) is 12.7. The average molecular weight is 266 g/mol. The first-order valence-corrected chi connectivity index (χ1v) is 6.75. The number of aryl methyl sites for hydroxylation is 1. The predicted octanol–water partition coefficient (Wildman–Crippen LogP) is 2.16. The molecular formula is C15H26N2O2. The van der Waals surface area contributed by atoms with Crippen LogP contribution in [-0.4, -0.2) is 39.6 Å². The Morgan fingerprint density at radius 1 is 1.26 bits per heavy atom. The van der Waals surface area contributed by atoms with Crippen molar-refractivity contribution in [3.8, 4) is 0 Å². The third-order valence-corrected chi connectivity index (χ3v) is 3.38. The second-order valence-corrected chi connectivity index (χ2v) is 4.65. The van der Waals surface area contributed by atoms with Crippen molar-refractivity contribution in [1.29, 1.82) is 0 Å². The van der Waals surface area contributed by atoms with Gasteiger partial charge < -0.3 is 20.1 Å². The predicted molar refractivity (Wildman–Crippen MR) is 79.5 cm³/mol. The van der Waals surface area contributed by atoms with E-state index in [0.717, 1.165) is 13.0 Å². The number of anilines is 1. The number of benzene rings is 1. The molecule has 1 aromatic carbocycles. The highest BCUT2D eigenvalue weighted by atomic mass is 16.7. The maximum Gasteiger partial charge on any atom is 0.158 e. The molecule has 4 heteroatoms. The summed E-state index contributed by atoms with van der Waals surface area (Å²) in [5, 5.41) is 0. The number of hydrogen-bond acceptors (Lipinski definition) is 4. The minimum atomic E-state index is -0.215. The first-order chi connectivity index (χ1) is 9.15. The number of nitrogens with two attached hydrogens (primary N) is 1. The van der Waals surface area contributed by atoms with E-state index < -0.39 is 0 Å². The van der Waals surface area contributed by atoms with Crippen LogP contribution in [0.25, 0.3) is 0 Å². The SMILES string of the molecule is CCN(c1cccc(C)c1)C(CN)CC(OC)OC. The van der Waals surface area contributed by atoms with Crippen LogP contribution in [0.2, 0.25) is 0 Å². The van der Waals surface area contributed by atoms with Gasteiger partial charge in [0.2, 0.25) is 0 Å². The summed E-state index contributed by atoms with van der Waals surface area (Å²) in [6.45, 7) is 5.72. The fraction of sp³-hybridized carbons (Fsp3) is 0.600. The molecule has 108 valence electrons. The lowest BCUT2D eigenvalue weighted by Crippen LogP contribution is -2.43. The first kappa shape index (κ1) is 16.0. The Morgan fingerprint density at radius 2 is 1.95 bits per heavy atom. The molecular weight excluding hydrogens is 240 g/mol. The standard InChI is InChI=1S/C15H26N2O2/c1-5-17(13-8-6-7-12(2)9-13)14(11-16)10-15(18-3)19-4/h6-9,14-15H,5,10-11,16H2,1-4H3. The molecule has 0 bridgehead atoms. The second kappa shape index (κ2) is 8.15. The molecule has 1 rings (SSSR count). The number of rotatable bonds is 8. The van der Waals surface area contributed by atoms with Crippen LogP contribution in [0.3, 0.4) is 0 Å². The Kier molecular flexibility index (Phi) is 6.84. The van der Waals surface area contributed by atoms with Gasteiger partial charge in [0.25, 0.3) is 0 Å². The van der Waals surface area contributed by atoms with E-state index in [0.29, 0.717) is 6.54 Å². The minimum Gasteiger partial charge on any atom is -0.367 e. The van der Waals surface area contributed by atoms with E-state index in [1.54, 1.807) is 14.2 Å². The molecule has 0 aliphatic carbocycles. The molecule has 1 atom stereocenters. The van der Waals surface area contributed by atoms with E-state index in [1.165, 1.54) is 11.3 Å². The summed E-state index contributed by atoms with van der Waals surface area (Å²) >= 11 is 0. The Hall–Kier alpha value is -1.10. The van der Waals surface area contributed by atoms with E-state index in [1.807, 2.05) is 0 Å². The first-order valence-electron chi connectivity index (χ1n) is 6.75. The minimum absolute atomic E-state index is 0.205. The van der Waals surface area contributed by atoms with Crippen LogP contribution in [0.5, 0.6) is 0 Å². The maximum atomic E-state index is 5.93. The van der Waals surface area contributed by atoms with Gasteiger partial charge in [0.1, 0.15) is 0 Å². The van der Waals surface area contributed by atoms with Gasteiger partial charge in [-0.05, 0) is 31.5 Å². The highest BCUT2D eigenvalue weighted by Gasteiger charge is 2.20. The Balaban J connectivity index is 2.86. The molecule has 0 aliphatic rings. The molecule has 0 aromatic heterocycles. The topological polar surface area (TPSA) is 47.7 Å². The highest BCUT2D eigenvalue weighted by molar-refractivity contribution is 5.49. The Labute approximate surface area is 116 Å². The van der Waals surface area contributed by atoms with Gasteiger partial charge in [0.15, 0.2) is 6.29 Å². The number of methoxy groups -OCH3 is 2. The van der Waals surface area contributed by atoms with Gasteiger partial charge in [-0.15, -0.1) is 0 Å². The van der Waals surface area contributed by atoms with Gasteiger partial charge in [-0.1, -0.05) is 12.1 Å². The molecule has 2 N–H and O–H groups in total. The highest BCUT2D eigenvalue weighted by Crippen LogP contribution is 2.20. The van der Waals surface area contributed by atoms with Gasteiger partial charge in [-0.3, -0.25) is 0 Å². The molecule has 0 aliphatic heterocycles. The van der Waals surface area contributed by atoms with Crippen molar-refractivity contribution in [3.63, 3.8) is 0 Å². The summed E-state index contributed by atoms with van der Waals surface area (Å²) in [6.07, 6.45) is 0.540. The van der Waals surface area contributed by atoms with E-state index in [9.17, 15) is 0 Å². The quantitative estimate of drug-likeness (QED) is 0.733. The lowest BCUT2D eigenvalue weighted by molar-refractivity contribution is -0.109. The zero-order valence-corrected chi connectivity index (χ0v) is 12.4. The molecule has 19 heavy (non-hydrogen) atoms. The van der Waals surface area contributed by atoms with Crippen LogP contribution >= 0.6 is 0 Å². The van der Waals surface area contributed by atoms with Gasteiger partial charge >= 0.3 is 0 Å². The van der Waals surface area contributed by atoms with Crippen LogP contribution in [0.1, 0.15) is 18.9 Å². The zero-order chi connectivity index (χ0) is 14.3. The number of nitrogens with zero attached hydrogens (tertiary/aromatic N) is 1. The van der Waals surface area contributed by atoms with Crippen molar-refractivity contribution >= 4 is 5.69 Å². The number of likely N-dealkylation sites (N-methyl/N-ethyl adjacent to an activating group) is 1. The van der Waals surface area contributed by atoms with E-state index in [4.69, 9.17) is 15.2 Å². The van der Waals surface area contributed by atoms with Crippen molar-refractivity contribution in [3.05, 3.63) is 29.8 Å². The largest absolute Gasteiger partial charge is 0.367 e. The number of hydrogen-bond donors (Lipinski definition) is 1. The van der Waals surface area contributed by atoms with Crippen LogP contribution in [0, 0.1) is 6.92 Å². The van der Waals surface area contributed by atoms with E-state index in [2.05, 4.69) is 43.0 Å². The molecule has 1 unspecified atom stereocenters. The Bertz CT molecular complexity index is 367. The zero-order valence-electron chi connectivity index (χ0n) is 12.4. The van der Waals surface area contributed by atoms with Crippen molar-refractivity contribution < 1.29 is 9.47 Å². The van der Waals surface area contributed by atoms with Crippen molar-refractivity contribution in [2.45, 2.75) is 32.6 Å². The average Bonchev–Trinajstić information content (AvgIpc) is 2.43. The summed E-state index contributed by atoms with van der Waals surface area (Å²) in [7, 11) is 3.31. The van der Waals surface area contributed by atoms with Crippen molar-refractivity contribution in [1.82, 2.24) is 0 Å².